The highest BCUT2D eigenvalue weighted by Gasteiger charge is 2.12. The lowest BCUT2D eigenvalue weighted by molar-refractivity contribution is 0.448. The third-order valence-corrected chi connectivity index (χ3v) is 3.64. The van der Waals surface area contributed by atoms with Crippen LogP contribution in [0.5, 0.6) is 5.88 Å². The highest BCUT2D eigenvalue weighted by atomic mass is 16.3. The molecular weight excluding hydrogens is 264 g/mol. The van der Waals surface area contributed by atoms with Gasteiger partial charge in [0.05, 0.1) is 10.9 Å². The van der Waals surface area contributed by atoms with E-state index >= 15 is 0 Å². The number of aromatic hydroxyl groups is 1. The van der Waals surface area contributed by atoms with Crippen molar-refractivity contribution in [3.05, 3.63) is 41.7 Å². The van der Waals surface area contributed by atoms with Crippen molar-refractivity contribution in [1.82, 2.24) is 14.5 Å². The van der Waals surface area contributed by atoms with Gasteiger partial charge in [-0.2, -0.15) is 0 Å². The molecule has 3 aromatic rings. The molecule has 0 fully saturated rings. The van der Waals surface area contributed by atoms with Gasteiger partial charge in [-0.15, -0.1) is 0 Å². The van der Waals surface area contributed by atoms with Gasteiger partial charge in [-0.05, 0) is 44.0 Å². The minimum absolute atomic E-state index is 0.163. The Bertz CT molecular complexity index is 807. The summed E-state index contributed by atoms with van der Waals surface area (Å²) in [5, 5.41) is 14.1. The van der Waals surface area contributed by atoms with Crippen molar-refractivity contribution in [3.63, 3.8) is 0 Å². The standard InChI is InChI=1S/C16H18N4O/c1-4-17-16-18-8-13-14(19-16)9-20(15(13)21)12-6-5-10(2)11(3)7-12/h5-9,21H,4H2,1-3H3,(H,17,19). The Hall–Kier alpha value is -2.56. The molecule has 0 radical (unpaired) electrons. The summed E-state index contributed by atoms with van der Waals surface area (Å²) < 4.78 is 1.74. The maximum atomic E-state index is 10.4. The van der Waals surface area contributed by atoms with Crippen LogP contribution >= 0.6 is 0 Å². The smallest absolute Gasteiger partial charge is 0.223 e. The molecule has 2 N–H and O–H groups in total. The van der Waals surface area contributed by atoms with Gasteiger partial charge in [0.25, 0.3) is 0 Å². The molecule has 0 aliphatic carbocycles. The van der Waals surface area contributed by atoms with Crippen molar-refractivity contribution >= 4 is 16.9 Å². The Morgan fingerprint density at radius 3 is 2.76 bits per heavy atom. The van der Waals surface area contributed by atoms with Crippen LogP contribution < -0.4 is 5.32 Å². The van der Waals surface area contributed by atoms with Crippen molar-refractivity contribution < 1.29 is 5.11 Å². The van der Waals surface area contributed by atoms with Crippen LogP contribution in [0.25, 0.3) is 16.6 Å². The van der Waals surface area contributed by atoms with Gasteiger partial charge >= 0.3 is 0 Å². The Morgan fingerprint density at radius 2 is 2.05 bits per heavy atom. The summed E-state index contributed by atoms with van der Waals surface area (Å²) in [6.07, 6.45) is 3.48. The van der Waals surface area contributed by atoms with Gasteiger partial charge in [-0.1, -0.05) is 6.07 Å². The molecule has 0 aliphatic heterocycles. The minimum Gasteiger partial charge on any atom is -0.494 e. The van der Waals surface area contributed by atoms with Crippen LogP contribution in [0.15, 0.2) is 30.6 Å². The van der Waals surface area contributed by atoms with Gasteiger partial charge < -0.3 is 10.4 Å². The Balaban J connectivity index is 2.14. The zero-order chi connectivity index (χ0) is 15.0. The summed E-state index contributed by atoms with van der Waals surface area (Å²) in [5.74, 6) is 0.735. The fourth-order valence-corrected chi connectivity index (χ4v) is 2.29. The van der Waals surface area contributed by atoms with Crippen LogP contribution in [0.3, 0.4) is 0 Å². The molecule has 5 heteroatoms. The second-order valence-electron chi connectivity index (χ2n) is 5.11. The molecule has 108 valence electrons. The average Bonchev–Trinajstić information content (AvgIpc) is 2.79. The van der Waals surface area contributed by atoms with Crippen molar-refractivity contribution in [2.45, 2.75) is 20.8 Å². The van der Waals surface area contributed by atoms with E-state index in [4.69, 9.17) is 0 Å². The van der Waals surface area contributed by atoms with Crippen molar-refractivity contribution in [2.75, 3.05) is 11.9 Å². The predicted octanol–water partition coefficient (Wildman–Crippen LogP) is 3.17. The number of rotatable bonds is 3. The average molecular weight is 282 g/mol. The van der Waals surface area contributed by atoms with Crippen molar-refractivity contribution in [3.8, 4) is 11.6 Å². The number of aryl methyl sites for hydroxylation is 2. The first-order chi connectivity index (χ1) is 10.1. The van der Waals surface area contributed by atoms with Crippen LogP contribution in [-0.2, 0) is 0 Å². The van der Waals surface area contributed by atoms with Crippen LogP contribution in [-0.4, -0.2) is 26.2 Å². The fraction of sp³-hybridized carbons (Fsp3) is 0.250. The zero-order valence-electron chi connectivity index (χ0n) is 12.4. The van der Waals surface area contributed by atoms with Crippen LogP contribution in [0, 0.1) is 13.8 Å². The van der Waals surface area contributed by atoms with E-state index < -0.39 is 0 Å². The van der Waals surface area contributed by atoms with E-state index in [1.807, 2.05) is 31.3 Å². The second-order valence-corrected chi connectivity index (χ2v) is 5.11. The molecule has 0 amide bonds. The molecule has 1 aromatic carbocycles. The van der Waals surface area contributed by atoms with E-state index in [1.54, 1.807) is 10.8 Å². The number of aromatic nitrogens is 3. The lowest BCUT2D eigenvalue weighted by Gasteiger charge is -2.07. The molecular formula is C16H18N4O. The summed E-state index contributed by atoms with van der Waals surface area (Å²) >= 11 is 0. The number of anilines is 1. The monoisotopic (exact) mass is 282 g/mol. The Labute approximate surface area is 123 Å². The summed E-state index contributed by atoms with van der Waals surface area (Å²) in [4.78, 5) is 8.61. The Kier molecular flexibility index (Phi) is 3.25. The van der Waals surface area contributed by atoms with Crippen LogP contribution in [0.4, 0.5) is 5.95 Å². The summed E-state index contributed by atoms with van der Waals surface area (Å²) in [6.45, 7) is 6.88. The number of hydrogen-bond donors (Lipinski definition) is 2. The maximum absolute atomic E-state index is 10.4. The number of nitrogens with one attached hydrogen (secondary N) is 1. The molecule has 0 unspecified atom stereocenters. The topological polar surface area (TPSA) is 63.0 Å². The van der Waals surface area contributed by atoms with Gasteiger partial charge in [-0.3, -0.25) is 4.57 Å². The van der Waals surface area contributed by atoms with E-state index in [-0.39, 0.29) is 5.88 Å². The normalized spacial score (nSPS) is 11.0. The van der Waals surface area contributed by atoms with Crippen molar-refractivity contribution in [2.24, 2.45) is 0 Å². The Morgan fingerprint density at radius 1 is 1.24 bits per heavy atom. The van der Waals surface area contributed by atoms with Gasteiger partial charge in [0.15, 0.2) is 0 Å². The van der Waals surface area contributed by atoms with Gasteiger partial charge in [-0.25, -0.2) is 9.97 Å². The molecule has 2 aromatic heterocycles. The lowest BCUT2D eigenvalue weighted by atomic mass is 10.1. The number of benzene rings is 1. The fourth-order valence-electron chi connectivity index (χ4n) is 2.29. The summed E-state index contributed by atoms with van der Waals surface area (Å²) in [5.41, 5.74) is 4.04. The molecule has 0 saturated heterocycles. The first kappa shape index (κ1) is 13.4. The third kappa shape index (κ3) is 2.31. The van der Waals surface area contributed by atoms with E-state index in [9.17, 15) is 5.11 Å². The largest absolute Gasteiger partial charge is 0.494 e. The van der Waals surface area contributed by atoms with E-state index in [0.29, 0.717) is 11.3 Å². The van der Waals surface area contributed by atoms with E-state index in [0.717, 1.165) is 17.7 Å². The minimum atomic E-state index is 0.163. The molecule has 0 saturated carbocycles. The maximum Gasteiger partial charge on any atom is 0.223 e. The van der Waals surface area contributed by atoms with E-state index in [1.165, 1.54) is 11.1 Å². The quantitative estimate of drug-likeness (QED) is 0.774. The molecule has 2 heterocycles. The SMILES string of the molecule is CCNc1ncc2c(O)n(-c3ccc(C)c(C)c3)cc2n1. The first-order valence-electron chi connectivity index (χ1n) is 6.98. The summed E-state index contributed by atoms with van der Waals surface area (Å²) in [7, 11) is 0. The third-order valence-electron chi connectivity index (χ3n) is 3.64. The van der Waals surface area contributed by atoms with Crippen molar-refractivity contribution in [1.29, 1.82) is 0 Å². The van der Waals surface area contributed by atoms with Crippen LogP contribution in [0.1, 0.15) is 18.1 Å². The molecule has 0 aliphatic rings. The molecule has 21 heavy (non-hydrogen) atoms. The second kappa shape index (κ2) is 5.09. The number of hydrogen-bond acceptors (Lipinski definition) is 4. The summed E-state index contributed by atoms with van der Waals surface area (Å²) in [6, 6.07) is 6.08. The zero-order valence-corrected chi connectivity index (χ0v) is 12.4. The molecule has 0 spiro atoms. The lowest BCUT2D eigenvalue weighted by Crippen LogP contribution is -2.00. The molecule has 0 atom stereocenters. The molecule has 0 bridgehead atoms. The molecule has 5 nitrogen and oxygen atoms in total. The van der Waals surface area contributed by atoms with Gasteiger partial charge in [0, 0.05) is 24.6 Å². The number of fused-ring (bicyclic) bond motifs is 1. The highest BCUT2D eigenvalue weighted by molar-refractivity contribution is 5.85. The number of nitrogens with zero attached hydrogens (tertiary/aromatic N) is 3. The predicted molar refractivity (Wildman–Crippen MR) is 84.2 cm³/mol. The molecule has 3 rings (SSSR count). The van der Waals surface area contributed by atoms with E-state index in [2.05, 4.69) is 29.1 Å². The highest BCUT2D eigenvalue weighted by Crippen LogP contribution is 2.29. The van der Waals surface area contributed by atoms with Gasteiger partial charge in [0.2, 0.25) is 11.8 Å². The first-order valence-corrected chi connectivity index (χ1v) is 6.98. The van der Waals surface area contributed by atoms with Gasteiger partial charge in [0.1, 0.15) is 0 Å². The van der Waals surface area contributed by atoms with Crippen LogP contribution in [0.2, 0.25) is 0 Å².